The lowest BCUT2D eigenvalue weighted by Gasteiger charge is -2.22. The van der Waals surface area contributed by atoms with Crippen LogP contribution in [0, 0.1) is 0 Å². The fourth-order valence-electron chi connectivity index (χ4n) is 3.07. The summed E-state index contributed by atoms with van der Waals surface area (Å²) in [6, 6.07) is 10.0. The Balaban J connectivity index is 1.57. The maximum Gasteiger partial charge on any atom is 0.253 e. The van der Waals surface area contributed by atoms with E-state index >= 15 is 0 Å². The Hall–Kier alpha value is -1.94. The molecule has 1 atom stereocenters. The van der Waals surface area contributed by atoms with E-state index in [1.54, 1.807) is 24.6 Å². The molecule has 7 nitrogen and oxygen atoms in total. The third-order valence-corrected chi connectivity index (χ3v) is 7.79. The first-order valence-electron chi connectivity index (χ1n) is 9.06. The van der Waals surface area contributed by atoms with Crippen LogP contribution in [0.3, 0.4) is 0 Å². The van der Waals surface area contributed by atoms with Gasteiger partial charge >= 0.3 is 0 Å². The van der Waals surface area contributed by atoms with E-state index in [1.165, 1.54) is 15.6 Å². The van der Waals surface area contributed by atoms with Crippen LogP contribution in [-0.2, 0) is 26.1 Å². The zero-order valence-corrected chi connectivity index (χ0v) is 17.3. The average Bonchev–Trinajstić information content (AvgIpc) is 3.39. The second-order valence-corrected chi connectivity index (χ2v) is 9.47. The van der Waals surface area contributed by atoms with Gasteiger partial charge in [0.05, 0.1) is 6.61 Å². The van der Waals surface area contributed by atoms with Crippen molar-refractivity contribution in [1.82, 2.24) is 9.62 Å². The molecule has 0 unspecified atom stereocenters. The minimum absolute atomic E-state index is 0.266. The standard InChI is InChI=1S/C19H24N2O5S2/c1-25-11-12-26-16-8-6-15(7-9-16)14-20-19(22)17-4-2-10-21(17)28(23,24)18-5-3-13-27-18/h3,5-9,13,17H,2,4,10-12,14H2,1H3,(H,20,22)/t17-/m1/s1. The molecule has 28 heavy (non-hydrogen) atoms. The highest BCUT2D eigenvalue weighted by atomic mass is 32.2. The number of sulfonamides is 1. The number of methoxy groups -OCH3 is 1. The summed E-state index contributed by atoms with van der Waals surface area (Å²) in [7, 11) is -2.01. The number of hydrogen-bond acceptors (Lipinski definition) is 6. The smallest absolute Gasteiger partial charge is 0.253 e. The van der Waals surface area contributed by atoms with Gasteiger partial charge in [0.1, 0.15) is 22.6 Å². The van der Waals surface area contributed by atoms with Crippen molar-refractivity contribution in [2.45, 2.75) is 29.6 Å². The van der Waals surface area contributed by atoms with E-state index in [4.69, 9.17) is 9.47 Å². The van der Waals surface area contributed by atoms with Crippen molar-refractivity contribution in [3.05, 3.63) is 47.3 Å². The third-order valence-electron chi connectivity index (χ3n) is 4.51. The predicted molar refractivity (Wildman–Crippen MR) is 107 cm³/mol. The van der Waals surface area contributed by atoms with Gasteiger partial charge in [0.15, 0.2) is 0 Å². The molecule has 1 amide bonds. The Bertz CT molecular complexity index is 866. The molecule has 0 bridgehead atoms. The monoisotopic (exact) mass is 424 g/mol. The summed E-state index contributed by atoms with van der Waals surface area (Å²) in [5.41, 5.74) is 0.915. The Morgan fingerprint density at radius 3 is 2.71 bits per heavy atom. The van der Waals surface area contributed by atoms with Crippen molar-refractivity contribution in [3.8, 4) is 5.75 Å². The zero-order chi connectivity index (χ0) is 20.0. The Morgan fingerprint density at radius 1 is 1.25 bits per heavy atom. The summed E-state index contributed by atoms with van der Waals surface area (Å²) in [6.45, 7) is 1.69. The molecule has 1 aliphatic rings. The molecule has 3 rings (SSSR count). The first-order chi connectivity index (χ1) is 13.5. The van der Waals surface area contributed by atoms with Gasteiger partial charge in [-0.25, -0.2) is 8.42 Å². The highest BCUT2D eigenvalue weighted by Crippen LogP contribution is 2.28. The van der Waals surface area contributed by atoms with Crippen LogP contribution in [-0.4, -0.2) is 51.5 Å². The van der Waals surface area contributed by atoms with Gasteiger partial charge in [-0.2, -0.15) is 4.31 Å². The normalized spacial score (nSPS) is 17.5. The van der Waals surface area contributed by atoms with E-state index in [9.17, 15) is 13.2 Å². The average molecular weight is 425 g/mol. The molecule has 0 radical (unpaired) electrons. The number of nitrogens with zero attached hydrogens (tertiary/aromatic N) is 1. The van der Waals surface area contributed by atoms with Crippen LogP contribution < -0.4 is 10.1 Å². The Morgan fingerprint density at radius 2 is 2.04 bits per heavy atom. The molecule has 0 aliphatic carbocycles. The fourth-order valence-corrected chi connectivity index (χ4v) is 5.85. The van der Waals surface area contributed by atoms with E-state index in [0.29, 0.717) is 39.1 Å². The lowest BCUT2D eigenvalue weighted by Crippen LogP contribution is -2.45. The van der Waals surface area contributed by atoms with Gasteiger partial charge < -0.3 is 14.8 Å². The molecule has 152 valence electrons. The number of hydrogen-bond donors (Lipinski definition) is 1. The van der Waals surface area contributed by atoms with E-state index in [0.717, 1.165) is 11.3 Å². The van der Waals surface area contributed by atoms with Crippen LogP contribution in [0.5, 0.6) is 5.75 Å². The molecule has 0 spiro atoms. The number of benzene rings is 1. The van der Waals surface area contributed by atoms with Crippen LogP contribution in [0.25, 0.3) is 0 Å². The number of carbonyl (C=O) groups is 1. The van der Waals surface area contributed by atoms with Crippen molar-refractivity contribution in [3.63, 3.8) is 0 Å². The van der Waals surface area contributed by atoms with Crippen LogP contribution in [0.2, 0.25) is 0 Å². The summed E-state index contributed by atoms with van der Waals surface area (Å²) in [4.78, 5) is 12.6. The first-order valence-corrected chi connectivity index (χ1v) is 11.4. The number of carbonyl (C=O) groups excluding carboxylic acids is 1. The van der Waals surface area contributed by atoms with Crippen molar-refractivity contribution in [2.24, 2.45) is 0 Å². The van der Waals surface area contributed by atoms with E-state index in [1.807, 2.05) is 24.3 Å². The summed E-state index contributed by atoms with van der Waals surface area (Å²) in [6.07, 6.45) is 1.21. The molecule has 1 aliphatic heterocycles. The maximum absolute atomic E-state index is 12.8. The number of ether oxygens (including phenoxy) is 2. The van der Waals surface area contributed by atoms with Gasteiger partial charge in [-0.15, -0.1) is 11.3 Å². The lowest BCUT2D eigenvalue weighted by molar-refractivity contribution is -0.124. The van der Waals surface area contributed by atoms with Crippen molar-refractivity contribution in [1.29, 1.82) is 0 Å². The molecule has 2 heterocycles. The Labute approximate surface area is 169 Å². The zero-order valence-electron chi connectivity index (χ0n) is 15.7. The lowest BCUT2D eigenvalue weighted by atomic mass is 10.2. The van der Waals surface area contributed by atoms with Crippen molar-refractivity contribution >= 4 is 27.3 Å². The molecule has 9 heteroatoms. The molecular formula is C19H24N2O5S2. The van der Waals surface area contributed by atoms with Crippen LogP contribution >= 0.6 is 11.3 Å². The predicted octanol–water partition coefficient (Wildman–Crippen LogP) is 2.24. The highest BCUT2D eigenvalue weighted by Gasteiger charge is 2.39. The second kappa shape index (κ2) is 9.51. The molecule has 1 aromatic carbocycles. The SMILES string of the molecule is COCCOc1ccc(CNC(=O)[C@H]2CCCN2S(=O)(=O)c2cccs2)cc1. The van der Waals surface area contributed by atoms with Gasteiger partial charge in [-0.05, 0) is 42.0 Å². The number of rotatable bonds is 9. The third kappa shape index (κ3) is 4.91. The summed E-state index contributed by atoms with van der Waals surface area (Å²) in [5, 5.41) is 4.58. The molecule has 1 aromatic heterocycles. The molecular weight excluding hydrogens is 400 g/mol. The van der Waals surface area contributed by atoms with Crippen molar-refractivity contribution in [2.75, 3.05) is 26.9 Å². The van der Waals surface area contributed by atoms with Crippen LogP contribution in [0.15, 0.2) is 46.0 Å². The molecule has 1 N–H and O–H groups in total. The fraction of sp³-hybridized carbons (Fsp3) is 0.421. The second-order valence-electron chi connectivity index (χ2n) is 6.41. The van der Waals surface area contributed by atoms with E-state index < -0.39 is 16.1 Å². The molecule has 0 saturated carbocycles. The summed E-state index contributed by atoms with van der Waals surface area (Å²) >= 11 is 1.17. The van der Waals surface area contributed by atoms with Gasteiger partial charge in [0.25, 0.3) is 10.0 Å². The largest absolute Gasteiger partial charge is 0.491 e. The minimum Gasteiger partial charge on any atom is -0.491 e. The topological polar surface area (TPSA) is 84.9 Å². The quantitative estimate of drug-likeness (QED) is 0.624. The van der Waals surface area contributed by atoms with E-state index in [2.05, 4.69) is 5.32 Å². The highest BCUT2D eigenvalue weighted by molar-refractivity contribution is 7.91. The van der Waals surface area contributed by atoms with Crippen molar-refractivity contribution < 1.29 is 22.7 Å². The maximum atomic E-state index is 12.8. The van der Waals surface area contributed by atoms with Crippen LogP contribution in [0.4, 0.5) is 0 Å². The van der Waals surface area contributed by atoms with Gasteiger partial charge in [0, 0.05) is 20.2 Å². The first kappa shape index (κ1) is 20.8. The summed E-state index contributed by atoms with van der Waals surface area (Å²) in [5.74, 6) is 0.467. The minimum atomic E-state index is -3.63. The number of thiophene rings is 1. The molecule has 2 aromatic rings. The molecule has 1 fully saturated rings. The number of nitrogens with one attached hydrogen (secondary N) is 1. The summed E-state index contributed by atoms with van der Waals surface area (Å²) < 4.78 is 37.6. The van der Waals surface area contributed by atoms with Gasteiger partial charge in [0.2, 0.25) is 5.91 Å². The van der Waals surface area contributed by atoms with Gasteiger partial charge in [-0.3, -0.25) is 4.79 Å². The van der Waals surface area contributed by atoms with Gasteiger partial charge in [-0.1, -0.05) is 18.2 Å². The van der Waals surface area contributed by atoms with E-state index in [-0.39, 0.29) is 10.1 Å². The van der Waals surface area contributed by atoms with Crippen LogP contribution in [0.1, 0.15) is 18.4 Å². The molecule has 1 saturated heterocycles. The number of amides is 1. The Kier molecular flexibility index (Phi) is 7.06.